The van der Waals surface area contributed by atoms with E-state index >= 15 is 0 Å². The lowest BCUT2D eigenvalue weighted by Gasteiger charge is -2.51. The van der Waals surface area contributed by atoms with Crippen LogP contribution in [0.15, 0.2) is 133 Å². The zero-order valence-electron chi connectivity index (χ0n) is 27.6. The van der Waals surface area contributed by atoms with Crippen LogP contribution in [0.25, 0.3) is 0 Å². The number of nitrogens with zero attached hydrogens (tertiary/aromatic N) is 2. The third kappa shape index (κ3) is 5.20. The molecule has 52 heavy (non-hydrogen) atoms. The molecule has 0 aliphatic heterocycles. The smallest absolute Gasteiger partial charge is 0.343 e. The van der Waals surface area contributed by atoms with Gasteiger partial charge in [-0.2, -0.15) is 0 Å². The van der Waals surface area contributed by atoms with Crippen LogP contribution in [0.2, 0.25) is 0 Å². The molecule has 0 saturated heterocycles. The summed E-state index contributed by atoms with van der Waals surface area (Å²) < 4.78 is 12.4. The lowest BCUT2D eigenvalue weighted by Crippen LogP contribution is -2.44. The molecule has 0 unspecified atom stereocenters. The summed E-state index contributed by atoms with van der Waals surface area (Å²) in [6, 6.07) is 38.1. The molecule has 6 aromatic rings. The number of rotatable bonds is 8. The average molecular weight is 689 g/mol. The topological polar surface area (TPSA) is 139 Å². The van der Waals surface area contributed by atoms with Crippen LogP contribution >= 0.6 is 0 Å². The molecule has 0 aromatic heterocycles. The van der Waals surface area contributed by atoms with E-state index in [4.69, 9.17) is 9.47 Å². The van der Waals surface area contributed by atoms with Crippen molar-refractivity contribution in [2.45, 2.75) is 24.7 Å². The van der Waals surface area contributed by atoms with Crippen LogP contribution in [-0.2, 0) is 11.8 Å². The van der Waals surface area contributed by atoms with Crippen LogP contribution in [0, 0.1) is 27.2 Å². The first kappa shape index (κ1) is 32.3. The van der Waals surface area contributed by atoms with Crippen LogP contribution in [-0.4, -0.2) is 21.8 Å². The van der Waals surface area contributed by atoms with Gasteiger partial charge in [-0.25, -0.2) is 9.59 Å². The number of carbonyl (C=O) groups excluding carboxylic acids is 2. The zero-order valence-corrected chi connectivity index (χ0v) is 27.6. The quantitative estimate of drug-likeness (QED) is 0.0670. The monoisotopic (exact) mass is 688 g/mol. The molecule has 0 radical (unpaired) electrons. The second kappa shape index (κ2) is 12.4. The summed E-state index contributed by atoms with van der Waals surface area (Å²) in [4.78, 5) is 48.9. The maximum Gasteiger partial charge on any atom is 0.343 e. The number of aryl methyl sites for hydroxylation is 1. The number of nitro groups is 2. The summed E-state index contributed by atoms with van der Waals surface area (Å²) in [5, 5.41) is 22.5. The highest BCUT2D eigenvalue weighted by Gasteiger charge is 2.54. The van der Waals surface area contributed by atoms with E-state index < -0.39 is 33.1 Å². The molecule has 0 heterocycles. The second-order valence-corrected chi connectivity index (χ2v) is 12.9. The van der Waals surface area contributed by atoms with Gasteiger partial charge in [0.25, 0.3) is 11.4 Å². The zero-order chi connectivity index (χ0) is 36.1. The van der Waals surface area contributed by atoms with Crippen molar-refractivity contribution < 1.29 is 28.9 Å². The van der Waals surface area contributed by atoms with Crippen LogP contribution in [0.3, 0.4) is 0 Å². The first-order chi connectivity index (χ1) is 25.2. The largest absolute Gasteiger partial charge is 0.423 e. The van der Waals surface area contributed by atoms with E-state index in [0.717, 1.165) is 33.4 Å². The van der Waals surface area contributed by atoms with Gasteiger partial charge in [-0.1, -0.05) is 78.4 Å². The van der Waals surface area contributed by atoms with Crippen molar-refractivity contribution >= 4 is 23.3 Å². The van der Waals surface area contributed by atoms with Crippen LogP contribution in [0.5, 0.6) is 11.5 Å². The van der Waals surface area contributed by atoms with Crippen molar-refractivity contribution in [3.05, 3.63) is 209 Å². The molecule has 0 spiro atoms. The van der Waals surface area contributed by atoms with Gasteiger partial charge in [0, 0.05) is 41.3 Å². The fraction of sp³-hybridized carbons (Fsp3) is 0.0952. The maximum absolute atomic E-state index is 13.8. The molecule has 10 heteroatoms. The normalized spacial score (nSPS) is 16.2. The van der Waals surface area contributed by atoms with E-state index in [9.17, 15) is 29.8 Å². The molecule has 0 fully saturated rings. The van der Waals surface area contributed by atoms with Gasteiger partial charge in [-0.05, 0) is 77.6 Å². The molecule has 9 rings (SSSR count). The lowest BCUT2D eigenvalue weighted by molar-refractivity contribution is -0.385. The summed E-state index contributed by atoms with van der Waals surface area (Å²) in [7, 11) is 0. The maximum atomic E-state index is 13.8. The Bertz CT molecular complexity index is 2390. The number of ether oxygens (including phenoxy) is 2. The van der Waals surface area contributed by atoms with Crippen molar-refractivity contribution in [2.24, 2.45) is 0 Å². The highest BCUT2D eigenvalue weighted by Crippen LogP contribution is 2.64. The average Bonchev–Trinajstić information content (AvgIpc) is 3.16. The predicted molar refractivity (Wildman–Crippen MR) is 191 cm³/mol. The number of non-ortho nitro benzene ring substituents is 2. The molecule has 6 aromatic carbocycles. The molecular formula is C42H28N2O8. The van der Waals surface area contributed by atoms with Crippen molar-refractivity contribution in [3.8, 4) is 11.5 Å². The molecule has 0 atom stereocenters. The van der Waals surface area contributed by atoms with Gasteiger partial charge in [0.2, 0.25) is 0 Å². The Kier molecular flexibility index (Phi) is 7.72. The lowest BCUT2D eigenvalue weighted by atomic mass is 9.51. The summed E-state index contributed by atoms with van der Waals surface area (Å²) in [6.07, 6.45) is 0.475. The number of nitro benzene ring substituents is 2. The molecular weight excluding hydrogens is 660 g/mol. The molecule has 3 aliphatic carbocycles. The second-order valence-electron chi connectivity index (χ2n) is 12.9. The summed E-state index contributed by atoms with van der Waals surface area (Å²) >= 11 is 0. The van der Waals surface area contributed by atoms with Gasteiger partial charge >= 0.3 is 11.9 Å². The van der Waals surface area contributed by atoms with E-state index in [1.54, 1.807) is 12.1 Å². The molecule has 3 aliphatic rings. The standard InChI is InChI=1S/C42H28N2O8/c1-25-10-12-26(13-11-25)24-42-33-8-4-2-6-31(33)37(32-7-3-5-9-34(32)42)38-35(51-40(45)27-14-18-29(19-15-27)43(47)48)22-23-36(39(38)42)52-41(46)28-16-20-30(21-17-28)44(49)50/h2-23,37H,24H2,1H3. The molecule has 0 saturated carbocycles. The predicted octanol–water partition coefficient (Wildman–Crippen LogP) is 8.63. The molecule has 0 N–H and O–H groups in total. The minimum Gasteiger partial charge on any atom is -0.423 e. The van der Waals surface area contributed by atoms with E-state index in [1.165, 1.54) is 48.5 Å². The van der Waals surface area contributed by atoms with Crippen molar-refractivity contribution in [3.63, 3.8) is 0 Å². The first-order valence-corrected chi connectivity index (χ1v) is 16.5. The summed E-state index contributed by atoms with van der Waals surface area (Å²) in [5.74, 6) is -1.30. The third-order valence-corrected chi connectivity index (χ3v) is 9.97. The fourth-order valence-electron chi connectivity index (χ4n) is 7.70. The highest BCUT2D eigenvalue weighted by atomic mass is 16.6. The fourth-order valence-corrected chi connectivity index (χ4v) is 7.70. The molecule has 0 amide bonds. The Morgan fingerprint density at radius 1 is 0.615 bits per heavy atom. The minimum absolute atomic E-state index is 0.127. The van der Waals surface area contributed by atoms with Gasteiger partial charge in [0.15, 0.2) is 0 Å². The van der Waals surface area contributed by atoms with Crippen molar-refractivity contribution in [1.29, 1.82) is 0 Å². The van der Waals surface area contributed by atoms with Crippen LogP contribution in [0.1, 0.15) is 71.1 Å². The Balaban J connectivity index is 1.35. The van der Waals surface area contributed by atoms with Crippen molar-refractivity contribution in [1.82, 2.24) is 0 Å². The molecule has 2 bridgehead atoms. The Morgan fingerprint density at radius 3 is 1.58 bits per heavy atom. The number of esters is 2. The Hall–Kier alpha value is -6.94. The highest BCUT2D eigenvalue weighted by molar-refractivity contribution is 5.93. The van der Waals surface area contributed by atoms with E-state index in [1.807, 2.05) is 31.2 Å². The van der Waals surface area contributed by atoms with Crippen LogP contribution in [0.4, 0.5) is 11.4 Å². The molecule has 254 valence electrons. The van der Waals surface area contributed by atoms with Crippen LogP contribution < -0.4 is 9.47 Å². The number of hydrogen-bond donors (Lipinski definition) is 0. The van der Waals surface area contributed by atoms with Gasteiger partial charge in [0.05, 0.1) is 26.4 Å². The number of benzene rings is 6. The number of carbonyl (C=O) groups is 2. The number of hydrogen-bond acceptors (Lipinski definition) is 8. The van der Waals surface area contributed by atoms with Gasteiger partial charge in [-0.3, -0.25) is 20.2 Å². The van der Waals surface area contributed by atoms with Gasteiger partial charge < -0.3 is 9.47 Å². The molecule has 10 nitrogen and oxygen atoms in total. The van der Waals surface area contributed by atoms with Gasteiger partial charge in [-0.15, -0.1) is 0 Å². The summed E-state index contributed by atoms with van der Waals surface area (Å²) in [5.41, 5.74) is 6.59. The van der Waals surface area contributed by atoms with Crippen molar-refractivity contribution in [2.75, 3.05) is 0 Å². The third-order valence-electron chi connectivity index (χ3n) is 9.97. The Morgan fingerprint density at radius 2 is 1.08 bits per heavy atom. The SMILES string of the molecule is Cc1ccc(CC23c4ccccc4C(c4ccccc42)c2c(OC(=O)c4ccc([N+](=O)[O-])cc4)ccc(OC(=O)c4ccc([N+](=O)[O-])cc4)c23)cc1. The van der Waals surface area contributed by atoms with E-state index in [2.05, 4.69) is 48.5 Å². The van der Waals surface area contributed by atoms with Gasteiger partial charge in [0.1, 0.15) is 11.5 Å². The van der Waals surface area contributed by atoms with E-state index in [-0.39, 0.29) is 34.0 Å². The first-order valence-electron chi connectivity index (χ1n) is 16.5. The minimum atomic E-state index is -0.909. The van der Waals surface area contributed by atoms with E-state index in [0.29, 0.717) is 17.5 Å². The summed E-state index contributed by atoms with van der Waals surface area (Å²) in [6.45, 7) is 2.02. The Labute approximate surface area is 297 Å².